The van der Waals surface area contributed by atoms with E-state index in [1.54, 1.807) is 30.8 Å². The maximum absolute atomic E-state index is 12.0. The van der Waals surface area contributed by atoms with Gasteiger partial charge in [0.1, 0.15) is 0 Å². The summed E-state index contributed by atoms with van der Waals surface area (Å²) in [5, 5.41) is 13.4. The number of aryl methyl sites for hydroxylation is 1. The standard InChI is InChI=1S/C12H12N4O3/c1-8-9(4-3-5-10(8)16(18)19)14-12(17)11-13-6-7-15(11)2/h3-7H,1-2H3,(H,14,17). The summed E-state index contributed by atoms with van der Waals surface area (Å²) in [6, 6.07) is 4.54. The van der Waals surface area contributed by atoms with E-state index in [-0.39, 0.29) is 11.5 Å². The van der Waals surface area contributed by atoms with E-state index in [1.165, 1.54) is 18.3 Å². The minimum absolute atomic E-state index is 0.0300. The molecule has 2 rings (SSSR count). The molecule has 0 saturated heterocycles. The van der Waals surface area contributed by atoms with Gasteiger partial charge in [0.15, 0.2) is 5.82 Å². The second kappa shape index (κ2) is 4.89. The van der Waals surface area contributed by atoms with Crippen LogP contribution < -0.4 is 5.32 Å². The van der Waals surface area contributed by atoms with Crippen molar-refractivity contribution in [3.05, 3.63) is 52.1 Å². The molecule has 1 N–H and O–H groups in total. The lowest BCUT2D eigenvalue weighted by molar-refractivity contribution is -0.385. The molecule has 2 aromatic rings. The Labute approximate surface area is 109 Å². The first-order chi connectivity index (χ1) is 9.00. The Bertz CT molecular complexity index is 648. The smallest absolute Gasteiger partial charge is 0.291 e. The van der Waals surface area contributed by atoms with Gasteiger partial charge in [-0.2, -0.15) is 0 Å². The van der Waals surface area contributed by atoms with Gasteiger partial charge in [-0.3, -0.25) is 14.9 Å². The molecule has 0 aliphatic heterocycles. The summed E-state index contributed by atoms with van der Waals surface area (Å²) >= 11 is 0. The molecular weight excluding hydrogens is 248 g/mol. The summed E-state index contributed by atoms with van der Waals surface area (Å²) < 4.78 is 1.57. The van der Waals surface area contributed by atoms with Crippen molar-refractivity contribution in [3.8, 4) is 0 Å². The van der Waals surface area contributed by atoms with Crippen molar-refractivity contribution in [2.45, 2.75) is 6.92 Å². The van der Waals surface area contributed by atoms with E-state index in [2.05, 4.69) is 10.3 Å². The Morgan fingerprint density at radius 1 is 1.47 bits per heavy atom. The highest BCUT2D eigenvalue weighted by molar-refractivity contribution is 6.02. The van der Waals surface area contributed by atoms with Crippen molar-refractivity contribution >= 4 is 17.3 Å². The minimum atomic E-state index is -0.480. The molecule has 1 aromatic carbocycles. The normalized spacial score (nSPS) is 10.2. The fourth-order valence-corrected chi connectivity index (χ4v) is 1.72. The van der Waals surface area contributed by atoms with Crippen LogP contribution in [0.5, 0.6) is 0 Å². The highest BCUT2D eigenvalue weighted by Crippen LogP contribution is 2.25. The number of hydrogen-bond donors (Lipinski definition) is 1. The molecule has 0 atom stereocenters. The molecule has 0 bridgehead atoms. The molecule has 0 aliphatic rings. The summed E-state index contributed by atoms with van der Waals surface area (Å²) in [4.78, 5) is 26.2. The van der Waals surface area contributed by atoms with Crippen LogP contribution in [0.1, 0.15) is 16.2 Å². The molecular formula is C12H12N4O3. The molecule has 7 nitrogen and oxygen atoms in total. The van der Waals surface area contributed by atoms with Crippen LogP contribution in [0.25, 0.3) is 0 Å². The van der Waals surface area contributed by atoms with Crippen LogP contribution in [0.4, 0.5) is 11.4 Å². The summed E-state index contributed by atoms with van der Waals surface area (Å²) in [5.41, 5.74) is 0.787. The number of nitrogens with zero attached hydrogens (tertiary/aromatic N) is 3. The van der Waals surface area contributed by atoms with E-state index < -0.39 is 10.8 Å². The molecule has 0 spiro atoms. The van der Waals surface area contributed by atoms with Gasteiger partial charge in [-0.1, -0.05) is 6.07 Å². The highest BCUT2D eigenvalue weighted by atomic mass is 16.6. The number of amides is 1. The predicted molar refractivity (Wildman–Crippen MR) is 69.0 cm³/mol. The number of anilines is 1. The van der Waals surface area contributed by atoms with Crippen molar-refractivity contribution in [3.63, 3.8) is 0 Å². The lowest BCUT2D eigenvalue weighted by Crippen LogP contribution is -2.17. The van der Waals surface area contributed by atoms with Crippen molar-refractivity contribution in [2.24, 2.45) is 7.05 Å². The number of hydrogen-bond acceptors (Lipinski definition) is 4. The second-order valence-corrected chi connectivity index (χ2v) is 4.02. The predicted octanol–water partition coefficient (Wildman–Crippen LogP) is 1.89. The summed E-state index contributed by atoms with van der Waals surface area (Å²) in [6.45, 7) is 1.59. The van der Waals surface area contributed by atoms with Crippen LogP contribution in [0, 0.1) is 17.0 Å². The number of nitro benzene ring substituents is 1. The van der Waals surface area contributed by atoms with Gasteiger partial charge >= 0.3 is 0 Å². The molecule has 0 unspecified atom stereocenters. The number of carbonyl (C=O) groups is 1. The van der Waals surface area contributed by atoms with Gasteiger partial charge in [-0.25, -0.2) is 4.98 Å². The number of rotatable bonds is 3. The molecule has 0 fully saturated rings. The van der Waals surface area contributed by atoms with Crippen LogP contribution in [0.15, 0.2) is 30.6 Å². The third-order valence-electron chi connectivity index (χ3n) is 2.77. The largest absolute Gasteiger partial charge is 0.330 e. The van der Waals surface area contributed by atoms with E-state index in [0.717, 1.165) is 0 Å². The van der Waals surface area contributed by atoms with Crippen molar-refractivity contribution in [1.29, 1.82) is 0 Å². The average molecular weight is 260 g/mol. The first-order valence-corrected chi connectivity index (χ1v) is 5.53. The molecule has 7 heteroatoms. The number of carbonyl (C=O) groups excluding carboxylic acids is 1. The third-order valence-corrected chi connectivity index (χ3v) is 2.77. The van der Waals surface area contributed by atoms with Gasteiger partial charge in [-0.05, 0) is 13.0 Å². The van der Waals surface area contributed by atoms with Gasteiger partial charge in [0, 0.05) is 25.5 Å². The Morgan fingerprint density at radius 2 is 2.21 bits per heavy atom. The third kappa shape index (κ3) is 2.44. The fraction of sp³-hybridized carbons (Fsp3) is 0.167. The zero-order valence-corrected chi connectivity index (χ0v) is 10.5. The zero-order chi connectivity index (χ0) is 14.0. The van der Waals surface area contributed by atoms with Gasteiger partial charge in [0.2, 0.25) is 0 Å². The van der Waals surface area contributed by atoms with Crippen LogP contribution in [-0.2, 0) is 7.05 Å². The van der Waals surface area contributed by atoms with Crippen LogP contribution in [0.3, 0.4) is 0 Å². The van der Waals surface area contributed by atoms with Crippen LogP contribution in [-0.4, -0.2) is 20.4 Å². The summed E-state index contributed by atoms with van der Waals surface area (Å²) in [6.07, 6.45) is 3.16. The monoisotopic (exact) mass is 260 g/mol. The topological polar surface area (TPSA) is 90.1 Å². The van der Waals surface area contributed by atoms with Crippen molar-refractivity contribution < 1.29 is 9.72 Å². The Balaban J connectivity index is 2.30. The molecule has 1 aromatic heterocycles. The lowest BCUT2D eigenvalue weighted by Gasteiger charge is -2.08. The maximum atomic E-state index is 12.0. The van der Waals surface area contributed by atoms with Gasteiger partial charge < -0.3 is 9.88 Å². The second-order valence-electron chi connectivity index (χ2n) is 4.02. The van der Waals surface area contributed by atoms with Crippen molar-refractivity contribution in [2.75, 3.05) is 5.32 Å². The summed E-state index contributed by atoms with van der Waals surface area (Å²) in [5.74, 6) is -0.165. The fourth-order valence-electron chi connectivity index (χ4n) is 1.72. The number of imidazole rings is 1. The molecule has 0 saturated carbocycles. The quantitative estimate of drug-likeness (QED) is 0.674. The molecule has 0 aliphatic carbocycles. The highest BCUT2D eigenvalue weighted by Gasteiger charge is 2.17. The van der Waals surface area contributed by atoms with Crippen LogP contribution in [0.2, 0.25) is 0 Å². The zero-order valence-electron chi connectivity index (χ0n) is 10.5. The molecule has 19 heavy (non-hydrogen) atoms. The van der Waals surface area contributed by atoms with Gasteiger partial charge in [-0.15, -0.1) is 0 Å². The summed E-state index contributed by atoms with van der Waals surface area (Å²) in [7, 11) is 1.70. The minimum Gasteiger partial charge on any atom is -0.330 e. The Morgan fingerprint density at radius 3 is 2.79 bits per heavy atom. The molecule has 98 valence electrons. The molecule has 1 amide bonds. The van der Waals surface area contributed by atoms with E-state index in [4.69, 9.17) is 0 Å². The van der Waals surface area contributed by atoms with E-state index >= 15 is 0 Å². The number of nitrogens with one attached hydrogen (secondary N) is 1. The van der Waals surface area contributed by atoms with E-state index in [0.29, 0.717) is 11.3 Å². The first kappa shape index (κ1) is 12.7. The Hall–Kier alpha value is -2.70. The Kier molecular flexibility index (Phi) is 3.28. The van der Waals surface area contributed by atoms with Crippen LogP contribution >= 0.6 is 0 Å². The van der Waals surface area contributed by atoms with E-state index in [9.17, 15) is 14.9 Å². The SMILES string of the molecule is Cc1c(NC(=O)c2nccn2C)cccc1[N+](=O)[O-]. The van der Waals surface area contributed by atoms with Crippen molar-refractivity contribution in [1.82, 2.24) is 9.55 Å². The number of benzene rings is 1. The van der Waals surface area contributed by atoms with Gasteiger partial charge in [0.25, 0.3) is 11.6 Å². The maximum Gasteiger partial charge on any atom is 0.291 e. The average Bonchev–Trinajstić information content (AvgIpc) is 2.77. The molecule has 1 heterocycles. The first-order valence-electron chi connectivity index (χ1n) is 5.53. The number of nitro groups is 1. The number of aromatic nitrogens is 2. The lowest BCUT2D eigenvalue weighted by atomic mass is 10.1. The van der Waals surface area contributed by atoms with E-state index in [1.807, 2.05) is 0 Å². The molecule has 0 radical (unpaired) electrons. The van der Waals surface area contributed by atoms with Gasteiger partial charge in [0.05, 0.1) is 16.2 Å².